The van der Waals surface area contributed by atoms with Gasteiger partial charge in [0.25, 0.3) is 0 Å². The van der Waals surface area contributed by atoms with Crippen LogP contribution in [-0.2, 0) is 16.1 Å². The van der Waals surface area contributed by atoms with Crippen molar-refractivity contribution in [3.8, 4) is 0 Å². The molecule has 0 radical (unpaired) electrons. The van der Waals surface area contributed by atoms with E-state index in [1.807, 2.05) is 30.3 Å². The minimum Gasteiger partial charge on any atom is -0.324 e. The normalized spacial score (nSPS) is 22.2. The maximum Gasteiger partial charge on any atom is 0.247 e. The molecule has 180 valence electrons. The Labute approximate surface area is 212 Å². The summed E-state index contributed by atoms with van der Waals surface area (Å²) < 4.78 is 13.4. The third-order valence-corrected chi connectivity index (χ3v) is 7.00. The largest absolute Gasteiger partial charge is 0.324 e. The van der Waals surface area contributed by atoms with Gasteiger partial charge in [-0.1, -0.05) is 53.5 Å². The molecule has 0 spiro atoms. The van der Waals surface area contributed by atoms with Gasteiger partial charge >= 0.3 is 0 Å². The number of nitrogens with one attached hydrogen (secondary N) is 2. The highest BCUT2D eigenvalue weighted by atomic mass is 35.5. The molecule has 3 unspecified atom stereocenters. The maximum atomic E-state index is 13.5. The number of nitrogens with zero attached hydrogens (tertiary/aromatic N) is 2. The van der Waals surface area contributed by atoms with Crippen LogP contribution in [0.1, 0.15) is 5.56 Å². The smallest absolute Gasteiger partial charge is 0.247 e. The molecule has 2 aliphatic heterocycles. The molecule has 2 fully saturated rings. The molecule has 0 aromatic heterocycles. The van der Waals surface area contributed by atoms with Crippen LogP contribution >= 0.6 is 23.2 Å². The van der Waals surface area contributed by atoms with Crippen molar-refractivity contribution >= 4 is 46.4 Å². The highest BCUT2D eigenvalue weighted by molar-refractivity contribution is 6.36. The van der Waals surface area contributed by atoms with Gasteiger partial charge in [0.2, 0.25) is 11.8 Å². The predicted octanol–water partition coefficient (Wildman–Crippen LogP) is 4.74. The molecular weight excluding hydrogens is 490 g/mol. The van der Waals surface area contributed by atoms with Gasteiger partial charge < -0.3 is 5.32 Å². The molecule has 3 atom stereocenters. The Kier molecular flexibility index (Phi) is 6.75. The first kappa shape index (κ1) is 23.8. The number of hydrogen-bond donors (Lipinski definition) is 2. The van der Waals surface area contributed by atoms with Crippen LogP contribution in [-0.4, -0.2) is 35.8 Å². The van der Waals surface area contributed by atoms with E-state index in [4.69, 9.17) is 23.2 Å². The van der Waals surface area contributed by atoms with Crippen LogP contribution in [0.15, 0.2) is 72.8 Å². The zero-order valence-corrected chi connectivity index (χ0v) is 20.1. The summed E-state index contributed by atoms with van der Waals surface area (Å²) in [6, 6.07) is 20.0. The highest BCUT2D eigenvalue weighted by Gasteiger charge is 2.50. The Hall–Kier alpha value is -2.97. The third-order valence-electron chi connectivity index (χ3n) is 6.45. The molecule has 35 heavy (non-hydrogen) atoms. The molecule has 0 bridgehead atoms. The lowest BCUT2D eigenvalue weighted by atomic mass is 9.83. The van der Waals surface area contributed by atoms with Crippen LogP contribution in [0.4, 0.5) is 15.8 Å². The molecule has 2 amide bonds. The number of hydrazine groups is 1. The van der Waals surface area contributed by atoms with Crippen LogP contribution < -0.4 is 15.8 Å². The fourth-order valence-corrected chi connectivity index (χ4v) is 5.20. The Morgan fingerprint density at radius 1 is 1.03 bits per heavy atom. The quantitative estimate of drug-likeness (QED) is 0.518. The van der Waals surface area contributed by atoms with Crippen molar-refractivity contribution in [2.24, 2.45) is 11.8 Å². The summed E-state index contributed by atoms with van der Waals surface area (Å²) in [5.41, 5.74) is 5.36. The van der Waals surface area contributed by atoms with E-state index in [0.717, 1.165) is 11.3 Å². The molecule has 2 aliphatic rings. The second kappa shape index (κ2) is 9.95. The number of likely N-dealkylation sites (tertiary alicyclic amines) is 1. The van der Waals surface area contributed by atoms with Gasteiger partial charge in [-0.2, -0.15) is 0 Å². The Bertz CT molecular complexity index is 1240. The lowest BCUT2D eigenvalue weighted by Gasteiger charge is -2.38. The van der Waals surface area contributed by atoms with Crippen LogP contribution in [0.25, 0.3) is 0 Å². The van der Waals surface area contributed by atoms with Crippen LogP contribution in [0.5, 0.6) is 0 Å². The number of carbonyl (C=O) groups excluding carboxylic acids is 2. The van der Waals surface area contributed by atoms with Gasteiger partial charge in [-0.3, -0.25) is 14.5 Å². The van der Waals surface area contributed by atoms with E-state index < -0.39 is 17.9 Å². The number of anilines is 2. The minimum absolute atomic E-state index is 0.0904. The molecule has 2 N–H and O–H groups in total. The number of halogens is 3. The first-order chi connectivity index (χ1) is 16.9. The minimum atomic E-state index is -0.543. The molecule has 2 saturated heterocycles. The zero-order chi connectivity index (χ0) is 24.5. The average molecular weight is 513 g/mol. The number of amides is 2. The Morgan fingerprint density at radius 2 is 1.77 bits per heavy atom. The van der Waals surface area contributed by atoms with E-state index in [9.17, 15) is 14.0 Å². The van der Waals surface area contributed by atoms with Crippen LogP contribution in [0.2, 0.25) is 10.0 Å². The predicted molar refractivity (Wildman–Crippen MR) is 135 cm³/mol. The third kappa shape index (κ3) is 5.04. The van der Waals surface area contributed by atoms with Gasteiger partial charge in [-0.05, 0) is 48.0 Å². The monoisotopic (exact) mass is 512 g/mol. The number of carbonyl (C=O) groups is 2. The second-order valence-corrected chi connectivity index (χ2v) is 9.65. The summed E-state index contributed by atoms with van der Waals surface area (Å²) in [4.78, 5) is 29.0. The fraction of sp³-hybridized carbons (Fsp3) is 0.231. The topological polar surface area (TPSA) is 64.7 Å². The molecule has 0 saturated carbocycles. The van der Waals surface area contributed by atoms with Gasteiger partial charge in [0, 0.05) is 24.7 Å². The van der Waals surface area contributed by atoms with Crippen molar-refractivity contribution in [3.05, 3.63) is 94.2 Å². The molecule has 3 aromatic rings. The van der Waals surface area contributed by atoms with Crippen molar-refractivity contribution in [2.45, 2.75) is 12.6 Å². The molecule has 9 heteroatoms. The second-order valence-electron chi connectivity index (χ2n) is 8.81. The van der Waals surface area contributed by atoms with E-state index >= 15 is 0 Å². The molecule has 3 aromatic carbocycles. The Balaban J connectivity index is 1.42. The number of rotatable bonds is 5. The first-order valence-corrected chi connectivity index (χ1v) is 12.0. The number of piperidine rings is 1. The standard InChI is InChI=1S/C26H23Cl2FN4O2/c27-17-8-11-23(22(28)12-17)30-25(34)20-14-32(13-16-6-9-18(29)10-7-16)15-21-24(20)31-33(26(21)35)19-4-2-1-3-5-19/h1-12,20-21,24,31H,13-15H2,(H,30,34). The van der Waals surface area contributed by atoms with Gasteiger partial charge in [0.05, 0.1) is 34.3 Å². The number of fused-ring (bicyclic) bond motifs is 1. The summed E-state index contributed by atoms with van der Waals surface area (Å²) in [6.45, 7) is 1.38. The van der Waals surface area contributed by atoms with Crippen LogP contribution in [0.3, 0.4) is 0 Å². The van der Waals surface area contributed by atoms with Crippen molar-refractivity contribution in [3.63, 3.8) is 0 Å². The highest BCUT2D eigenvalue weighted by Crippen LogP contribution is 2.34. The summed E-state index contributed by atoms with van der Waals surface area (Å²) >= 11 is 12.3. The first-order valence-electron chi connectivity index (χ1n) is 11.3. The summed E-state index contributed by atoms with van der Waals surface area (Å²) in [6.07, 6.45) is 0. The molecule has 5 rings (SSSR count). The van der Waals surface area contributed by atoms with E-state index in [-0.39, 0.29) is 17.6 Å². The van der Waals surface area contributed by atoms with E-state index in [2.05, 4.69) is 15.6 Å². The zero-order valence-electron chi connectivity index (χ0n) is 18.6. The summed E-state index contributed by atoms with van der Waals surface area (Å²) in [7, 11) is 0. The van der Waals surface area contributed by atoms with Gasteiger partial charge in [-0.15, -0.1) is 0 Å². The van der Waals surface area contributed by atoms with Crippen molar-refractivity contribution in [1.29, 1.82) is 0 Å². The van der Waals surface area contributed by atoms with E-state index in [1.165, 1.54) is 17.1 Å². The lowest BCUT2D eigenvalue weighted by molar-refractivity contribution is -0.126. The fourth-order valence-electron chi connectivity index (χ4n) is 4.75. The molecule has 6 nitrogen and oxygen atoms in total. The Morgan fingerprint density at radius 3 is 2.49 bits per heavy atom. The van der Waals surface area contributed by atoms with Gasteiger partial charge in [-0.25, -0.2) is 14.8 Å². The van der Waals surface area contributed by atoms with Gasteiger partial charge in [0.1, 0.15) is 5.82 Å². The van der Waals surface area contributed by atoms with Gasteiger partial charge in [0.15, 0.2) is 0 Å². The summed E-state index contributed by atoms with van der Waals surface area (Å²) in [5.74, 6) is -1.62. The molecular formula is C26H23Cl2FN4O2. The van der Waals surface area contributed by atoms with Crippen molar-refractivity contribution < 1.29 is 14.0 Å². The maximum absolute atomic E-state index is 13.5. The molecule has 0 aliphatic carbocycles. The average Bonchev–Trinajstić information content (AvgIpc) is 3.18. The molecule has 2 heterocycles. The summed E-state index contributed by atoms with van der Waals surface area (Å²) in [5, 5.41) is 5.25. The van der Waals surface area contributed by atoms with Crippen LogP contribution in [0, 0.1) is 17.7 Å². The SMILES string of the molecule is O=C(Nc1ccc(Cl)cc1Cl)C1CN(Cc2ccc(F)cc2)CC2C(=O)N(c3ccccc3)NC12. The number of hydrogen-bond acceptors (Lipinski definition) is 4. The lowest BCUT2D eigenvalue weighted by Crippen LogP contribution is -2.55. The van der Waals surface area contributed by atoms with Crippen molar-refractivity contribution in [1.82, 2.24) is 10.3 Å². The van der Waals surface area contributed by atoms with E-state index in [1.54, 1.807) is 30.3 Å². The van der Waals surface area contributed by atoms with E-state index in [0.29, 0.717) is 35.4 Å². The number of para-hydroxylation sites is 1. The van der Waals surface area contributed by atoms with Crippen molar-refractivity contribution in [2.75, 3.05) is 23.4 Å². The number of benzene rings is 3.